The van der Waals surface area contributed by atoms with Crippen LogP contribution in [-0.2, 0) is 9.59 Å². The lowest BCUT2D eigenvalue weighted by molar-refractivity contribution is -0.120. The molecule has 0 unspecified atom stereocenters. The maximum absolute atomic E-state index is 12.0. The molecule has 120 valence electrons. The fraction of sp³-hybridized carbons (Fsp3) is 0.529. The van der Waals surface area contributed by atoms with E-state index >= 15 is 0 Å². The van der Waals surface area contributed by atoms with Crippen molar-refractivity contribution in [1.82, 2.24) is 5.32 Å². The molecular formula is C17H24N2O2S. The van der Waals surface area contributed by atoms with Gasteiger partial charge in [0.15, 0.2) is 0 Å². The molecule has 0 aromatic heterocycles. The van der Waals surface area contributed by atoms with Gasteiger partial charge in [-0.05, 0) is 38.8 Å². The highest BCUT2D eigenvalue weighted by Gasteiger charge is 2.21. The van der Waals surface area contributed by atoms with Gasteiger partial charge in [0, 0.05) is 11.7 Å². The molecule has 0 heterocycles. The minimum atomic E-state index is -0.204. The zero-order chi connectivity index (χ0) is 15.9. The maximum Gasteiger partial charge on any atom is 0.234 e. The summed E-state index contributed by atoms with van der Waals surface area (Å²) in [5, 5.41) is 5.71. The topological polar surface area (TPSA) is 58.2 Å². The van der Waals surface area contributed by atoms with Crippen LogP contribution in [-0.4, -0.2) is 28.9 Å². The summed E-state index contributed by atoms with van der Waals surface area (Å²) in [5.41, 5.74) is 1.95. The fourth-order valence-electron chi connectivity index (χ4n) is 2.50. The van der Waals surface area contributed by atoms with Gasteiger partial charge in [0.25, 0.3) is 0 Å². The molecule has 0 bridgehead atoms. The molecule has 0 saturated heterocycles. The van der Waals surface area contributed by atoms with E-state index in [-0.39, 0.29) is 22.8 Å². The predicted octanol–water partition coefficient (Wildman–Crippen LogP) is 3.11. The Bertz CT molecular complexity index is 510. The molecule has 1 atom stereocenters. The first kappa shape index (κ1) is 16.9. The summed E-state index contributed by atoms with van der Waals surface area (Å²) in [6.45, 7) is 3.86. The standard InChI is InChI=1S/C17H24N2O2S/c1-12-7-9-15(10-8-12)18-16(20)11-22-13(2)17(21)19-14-5-3-4-6-14/h7-10,13-14H,3-6,11H2,1-2H3,(H,18,20)(H,19,21)/t13-/m1/s1. The maximum atomic E-state index is 12.0. The van der Waals surface area contributed by atoms with Crippen molar-refractivity contribution in [2.45, 2.75) is 50.8 Å². The molecule has 0 spiro atoms. The van der Waals surface area contributed by atoms with E-state index in [0.717, 1.165) is 24.1 Å². The largest absolute Gasteiger partial charge is 0.352 e. The van der Waals surface area contributed by atoms with E-state index in [0.29, 0.717) is 6.04 Å². The molecule has 4 nitrogen and oxygen atoms in total. The third-order valence-electron chi connectivity index (χ3n) is 3.87. The SMILES string of the molecule is Cc1ccc(NC(=O)CS[C@H](C)C(=O)NC2CCCC2)cc1. The molecule has 1 aliphatic rings. The van der Waals surface area contributed by atoms with Gasteiger partial charge in [-0.15, -0.1) is 11.8 Å². The lowest BCUT2D eigenvalue weighted by atomic mass is 10.2. The Balaban J connectivity index is 1.70. The number of hydrogen-bond acceptors (Lipinski definition) is 3. The van der Waals surface area contributed by atoms with Gasteiger partial charge in [0.1, 0.15) is 0 Å². The second kappa shape index (κ2) is 8.22. The summed E-state index contributed by atoms with van der Waals surface area (Å²) in [4.78, 5) is 23.9. The van der Waals surface area contributed by atoms with Crippen LogP contribution in [0.1, 0.15) is 38.2 Å². The number of rotatable bonds is 6. The molecule has 2 N–H and O–H groups in total. The molecular weight excluding hydrogens is 296 g/mol. The quantitative estimate of drug-likeness (QED) is 0.847. The average Bonchev–Trinajstić information content (AvgIpc) is 3.00. The number of nitrogens with one attached hydrogen (secondary N) is 2. The lowest BCUT2D eigenvalue weighted by Gasteiger charge is -2.16. The summed E-state index contributed by atoms with van der Waals surface area (Å²) in [6.07, 6.45) is 4.56. The molecule has 1 saturated carbocycles. The minimum Gasteiger partial charge on any atom is -0.352 e. The van der Waals surface area contributed by atoms with E-state index in [4.69, 9.17) is 0 Å². The number of carbonyl (C=O) groups is 2. The van der Waals surface area contributed by atoms with Crippen LogP contribution in [0, 0.1) is 6.92 Å². The van der Waals surface area contributed by atoms with Crippen molar-refractivity contribution in [1.29, 1.82) is 0 Å². The highest BCUT2D eigenvalue weighted by Crippen LogP contribution is 2.19. The van der Waals surface area contributed by atoms with Gasteiger partial charge in [0.2, 0.25) is 11.8 Å². The van der Waals surface area contributed by atoms with E-state index < -0.39 is 0 Å². The van der Waals surface area contributed by atoms with Crippen molar-refractivity contribution in [3.05, 3.63) is 29.8 Å². The van der Waals surface area contributed by atoms with Gasteiger partial charge >= 0.3 is 0 Å². The number of thioether (sulfide) groups is 1. The van der Waals surface area contributed by atoms with E-state index in [9.17, 15) is 9.59 Å². The van der Waals surface area contributed by atoms with Crippen molar-refractivity contribution in [3.8, 4) is 0 Å². The van der Waals surface area contributed by atoms with E-state index in [1.807, 2.05) is 38.1 Å². The third-order valence-corrected chi connectivity index (χ3v) is 5.01. The van der Waals surface area contributed by atoms with Crippen LogP contribution >= 0.6 is 11.8 Å². The van der Waals surface area contributed by atoms with Crippen LogP contribution < -0.4 is 10.6 Å². The highest BCUT2D eigenvalue weighted by atomic mass is 32.2. The molecule has 5 heteroatoms. The zero-order valence-corrected chi connectivity index (χ0v) is 14.0. The fourth-order valence-corrected chi connectivity index (χ4v) is 3.19. The van der Waals surface area contributed by atoms with Crippen molar-refractivity contribution >= 4 is 29.3 Å². The molecule has 2 rings (SSSR count). The molecule has 1 aromatic carbocycles. The summed E-state index contributed by atoms with van der Waals surface area (Å²) >= 11 is 1.37. The average molecular weight is 320 g/mol. The van der Waals surface area contributed by atoms with Crippen molar-refractivity contribution in [2.75, 3.05) is 11.1 Å². The minimum absolute atomic E-state index is 0.0417. The summed E-state index contributed by atoms with van der Waals surface area (Å²) in [7, 11) is 0. The van der Waals surface area contributed by atoms with Gasteiger partial charge in [0.05, 0.1) is 11.0 Å². The molecule has 1 fully saturated rings. The zero-order valence-electron chi connectivity index (χ0n) is 13.2. The normalized spacial score (nSPS) is 16.3. The number of aryl methyl sites for hydroxylation is 1. The van der Waals surface area contributed by atoms with Crippen LogP contribution in [0.25, 0.3) is 0 Å². The van der Waals surface area contributed by atoms with Gasteiger partial charge in [-0.1, -0.05) is 30.5 Å². The van der Waals surface area contributed by atoms with Gasteiger partial charge in [-0.25, -0.2) is 0 Å². The number of amides is 2. The second-order valence-electron chi connectivity index (χ2n) is 5.86. The monoisotopic (exact) mass is 320 g/mol. The van der Waals surface area contributed by atoms with Crippen LogP contribution in [0.2, 0.25) is 0 Å². The number of hydrogen-bond donors (Lipinski definition) is 2. The summed E-state index contributed by atoms with van der Waals surface area (Å²) in [5.74, 6) is 0.252. The van der Waals surface area contributed by atoms with Gasteiger partial charge in [-0.3, -0.25) is 9.59 Å². The van der Waals surface area contributed by atoms with Crippen LogP contribution in [0.15, 0.2) is 24.3 Å². The first-order valence-corrected chi connectivity index (χ1v) is 8.88. The van der Waals surface area contributed by atoms with Crippen LogP contribution in [0.3, 0.4) is 0 Å². The van der Waals surface area contributed by atoms with E-state index in [1.54, 1.807) is 0 Å². The molecule has 1 aromatic rings. The number of anilines is 1. The third kappa shape index (κ3) is 5.37. The lowest BCUT2D eigenvalue weighted by Crippen LogP contribution is -2.38. The molecule has 0 radical (unpaired) electrons. The van der Waals surface area contributed by atoms with Gasteiger partial charge < -0.3 is 10.6 Å². The Labute approximate surface area is 136 Å². The highest BCUT2D eigenvalue weighted by molar-refractivity contribution is 8.01. The Kier molecular flexibility index (Phi) is 6.31. The van der Waals surface area contributed by atoms with Crippen molar-refractivity contribution in [3.63, 3.8) is 0 Å². The Morgan fingerprint density at radius 3 is 2.50 bits per heavy atom. The summed E-state index contributed by atoms with van der Waals surface area (Å²) in [6, 6.07) is 8.01. The van der Waals surface area contributed by atoms with Crippen molar-refractivity contribution < 1.29 is 9.59 Å². The predicted molar refractivity (Wildman–Crippen MR) is 92.1 cm³/mol. The van der Waals surface area contributed by atoms with Gasteiger partial charge in [-0.2, -0.15) is 0 Å². The smallest absolute Gasteiger partial charge is 0.234 e. The number of benzene rings is 1. The Morgan fingerprint density at radius 2 is 1.86 bits per heavy atom. The van der Waals surface area contributed by atoms with Crippen LogP contribution in [0.5, 0.6) is 0 Å². The molecule has 2 amide bonds. The Hall–Kier alpha value is -1.49. The first-order valence-electron chi connectivity index (χ1n) is 7.83. The van der Waals surface area contributed by atoms with Crippen molar-refractivity contribution in [2.24, 2.45) is 0 Å². The van der Waals surface area contributed by atoms with E-state index in [2.05, 4.69) is 10.6 Å². The van der Waals surface area contributed by atoms with Crippen LogP contribution in [0.4, 0.5) is 5.69 Å². The molecule has 0 aliphatic heterocycles. The molecule has 22 heavy (non-hydrogen) atoms. The Morgan fingerprint density at radius 1 is 1.23 bits per heavy atom. The first-order chi connectivity index (χ1) is 10.5. The van der Waals surface area contributed by atoms with E-state index in [1.165, 1.54) is 24.6 Å². The second-order valence-corrected chi connectivity index (χ2v) is 7.19. The number of carbonyl (C=O) groups excluding carboxylic acids is 2. The summed E-state index contributed by atoms with van der Waals surface area (Å²) < 4.78 is 0. The molecule has 1 aliphatic carbocycles.